The molecule has 0 fully saturated rings. The van der Waals surface area contributed by atoms with Crippen molar-refractivity contribution in [2.45, 2.75) is 16.8 Å². The first kappa shape index (κ1) is 11.3. The number of hydrogen-bond acceptors (Lipinski definition) is 2. The fourth-order valence-electron chi connectivity index (χ4n) is 1.98. The average molecular weight is 251 g/mol. The molecule has 0 aliphatic rings. The van der Waals surface area contributed by atoms with Crippen LogP contribution in [0.5, 0.6) is 0 Å². The molecule has 1 aromatic heterocycles. The highest BCUT2D eigenvalue weighted by Gasteiger charge is 2.03. The number of benzene rings is 2. The summed E-state index contributed by atoms with van der Waals surface area (Å²) >= 11 is 1.71. The first-order chi connectivity index (χ1) is 8.83. The van der Waals surface area contributed by atoms with E-state index in [1.165, 1.54) is 15.8 Å². The number of aromatic nitrogens is 1. The van der Waals surface area contributed by atoms with Gasteiger partial charge in [0.15, 0.2) is 0 Å². The van der Waals surface area contributed by atoms with E-state index in [9.17, 15) is 0 Å². The van der Waals surface area contributed by atoms with Crippen LogP contribution in [0.4, 0.5) is 0 Å². The summed E-state index contributed by atoms with van der Waals surface area (Å²) in [7, 11) is 0. The smallest absolute Gasteiger partial charge is 0.102 e. The van der Waals surface area contributed by atoms with Gasteiger partial charge in [0.1, 0.15) is 5.03 Å². The SMILES string of the molecule is Cc1cc(Sc2ccccc2)nc2ccccc12. The summed E-state index contributed by atoms with van der Waals surface area (Å²) in [6, 6.07) is 20.8. The van der Waals surface area contributed by atoms with Crippen LogP contribution in [0.1, 0.15) is 5.56 Å². The molecular weight excluding hydrogens is 238 g/mol. The van der Waals surface area contributed by atoms with Crippen molar-refractivity contribution in [2.75, 3.05) is 0 Å². The Balaban J connectivity index is 2.03. The normalized spacial score (nSPS) is 10.7. The minimum absolute atomic E-state index is 1.05. The van der Waals surface area contributed by atoms with Gasteiger partial charge >= 0.3 is 0 Å². The van der Waals surface area contributed by atoms with Gasteiger partial charge in [0.05, 0.1) is 5.52 Å². The van der Waals surface area contributed by atoms with E-state index in [0.717, 1.165) is 10.5 Å². The van der Waals surface area contributed by atoms with Crippen molar-refractivity contribution in [1.82, 2.24) is 4.98 Å². The first-order valence-corrected chi connectivity index (χ1v) is 6.74. The van der Waals surface area contributed by atoms with Crippen LogP contribution in [0.3, 0.4) is 0 Å². The molecule has 88 valence electrons. The van der Waals surface area contributed by atoms with Gasteiger partial charge in [0.2, 0.25) is 0 Å². The fraction of sp³-hybridized carbons (Fsp3) is 0.0625. The summed E-state index contributed by atoms with van der Waals surface area (Å²) in [6.07, 6.45) is 0. The second kappa shape index (κ2) is 4.83. The topological polar surface area (TPSA) is 12.9 Å². The lowest BCUT2D eigenvalue weighted by Gasteiger charge is -2.05. The maximum atomic E-state index is 4.69. The highest BCUT2D eigenvalue weighted by atomic mass is 32.2. The van der Waals surface area contributed by atoms with Gasteiger partial charge in [-0.15, -0.1) is 0 Å². The maximum absolute atomic E-state index is 4.69. The molecule has 0 N–H and O–H groups in total. The van der Waals surface area contributed by atoms with Gasteiger partial charge < -0.3 is 0 Å². The van der Waals surface area contributed by atoms with Gasteiger partial charge in [-0.25, -0.2) is 4.98 Å². The molecule has 0 aliphatic carbocycles. The Kier molecular flexibility index (Phi) is 3.03. The van der Waals surface area contributed by atoms with Gasteiger partial charge in [-0.2, -0.15) is 0 Å². The lowest BCUT2D eigenvalue weighted by atomic mass is 10.1. The largest absolute Gasteiger partial charge is 0.241 e. The Morgan fingerprint density at radius 3 is 2.44 bits per heavy atom. The van der Waals surface area contributed by atoms with E-state index in [1.54, 1.807) is 11.8 Å². The predicted molar refractivity (Wildman–Crippen MR) is 77.0 cm³/mol. The minimum Gasteiger partial charge on any atom is -0.241 e. The third-order valence-corrected chi connectivity index (χ3v) is 3.79. The van der Waals surface area contributed by atoms with Crippen molar-refractivity contribution >= 4 is 22.7 Å². The number of pyridine rings is 1. The summed E-state index contributed by atoms with van der Waals surface area (Å²) in [4.78, 5) is 5.92. The Labute approximate surface area is 111 Å². The van der Waals surface area contributed by atoms with Crippen molar-refractivity contribution < 1.29 is 0 Å². The summed E-state index contributed by atoms with van der Waals surface area (Å²) in [5.74, 6) is 0. The Bertz CT molecular complexity index is 677. The van der Waals surface area contributed by atoms with Crippen molar-refractivity contribution in [1.29, 1.82) is 0 Å². The molecule has 18 heavy (non-hydrogen) atoms. The summed E-state index contributed by atoms with van der Waals surface area (Å²) in [6.45, 7) is 2.14. The van der Waals surface area contributed by atoms with Gasteiger partial charge in [-0.1, -0.05) is 48.2 Å². The summed E-state index contributed by atoms with van der Waals surface area (Å²) in [5.41, 5.74) is 2.34. The Hall–Kier alpha value is -1.80. The molecule has 1 heterocycles. The molecule has 3 aromatic rings. The Morgan fingerprint density at radius 2 is 1.61 bits per heavy atom. The molecule has 2 heteroatoms. The van der Waals surface area contributed by atoms with Gasteiger partial charge in [-0.05, 0) is 36.8 Å². The molecule has 0 unspecified atom stereocenters. The van der Waals surface area contributed by atoms with Crippen LogP contribution in [0.2, 0.25) is 0 Å². The lowest BCUT2D eigenvalue weighted by molar-refractivity contribution is 1.17. The average Bonchev–Trinajstić information content (AvgIpc) is 2.40. The number of fused-ring (bicyclic) bond motifs is 1. The van der Waals surface area contributed by atoms with Crippen LogP contribution in [0.25, 0.3) is 10.9 Å². The molecule has 0 atom stereocenters. The zero-order chi connectivity index (χ0) is 12.4. The summed E-state index contributed by atoms with van der Waals surface area (Å²) < 4.78 is 0. The van der Waals surface area contributed by atoms with Gasteiger partial charge in [0, 0.05) is 10.3 Å². The molecule has 0 amide bonds. The van der Waals surface area contributed by atoms with Crippen molar-refractivity contribution in [3.8, 4) is 0 Å². The van der Waals surface area contributed by atoms with Crippen LogP contribution in [0.15, 0.2) is 70.6 Å². The maximum Gasteiger partial charge on any atom is 0.102 e. The molecule has 2 aromatic carbocycles. The van der Waals surface area contributed by atoms with Crippen molar-refractivity contribution in [3.63, 3.8) is 0 Å². The molecule has 0 radical (unpaired) electrons. The van der Waals surface area contributed by atoms with Gasteiger partial charge in [-0.3, -0.25) is 0 Å². The highest BCUT2D eigenvalue weighted by molar-refractivity contribution is 7.99. The number of rotatable bonds is 2. The first-order valence-electron chi connectivity index (χ1n) is 5.92. The highest BCUT2D eigenvalue weighted by Crippen LogP contribution is 2.29. The van der Waals surface area contributed by atoms with E-state index >= 15 is 0 Å². The van der Waals surface area contributed by atoms with E-state index in [-0.39, 0.29) is 0 Å². The summed E-state index contributed by atoms with van der Waals surface area (Å²) in [5, 5.41) is 2.28. The zero-order valence-corrected chi connectivity index (χ0v) is 10.9. The van der Waals surface area contributed by atoms with E-state index in [1.807, 2.05) is 12.1 Å². The molecule has 0 saturated heterocycles. The number of aryl methyl sites for hydroxylation is 1. The second-order valence-corrected chi connectivity index (χ2v) is 5.30. The second-order valence-electron chi connectivity index (χ2n) is 4.21. The van der Waals surface area contributed by atoms with Crippen LogP contribution >= 0.6 is 11.8 Å². The van der Waals surface area contributed by atoms with E-state index in [4.69, 9.17) is 4.98 Å². The van der Waals surface area contributed by atoms with Crippen LogP contribution in [-0.4, -0.2) is 4.98 Å². The predicted octanol–water partition coefficient (Wildman–Crippen LogP) is 4.69. The monoisotopic (exact) mass is 251 g/mol. The van der Waals surface area contributed by atoms with Crippen molar-refractivity contribution in [2.24, 2.45) is 0 Å². The molecule has 1 nitrogen and oxygen atoms in total. The molecule has 0 aliphatic heterocycles. The lowest BCUT2D eigenvalue weighted by Crippen LogP contribution is -1.86. The fourth-order valence-corrected chi connectivity index (χ4v) is 2.89. The number of para-hydroxylation sites is 1. The molecule has 0 bridgehead atoms. The van der Waals surface area contributed by atoms with E-state index in [0.29, 0.717) is 0 Å². The standard InChI is InChI=1S/C16H13NS/c1-12-11-16(18-13-7-3-2-4-8-13)17-15-10-6-5-9-14(12)15/h2-11H,1H3. The quantitative estimate of drug-likeness (QED) is 0.655. The van der Waals surface area contributed by atoms with Gasteiger partial charge in [0.25, 0.3) is 0 Å². The molecule has 3 rings (SSSR count). The molecular formula is C16H13NS. The van der Waals surface area contributed by atoms with Crippen LogP contribution < -0.4 is 0 Å². The van der Waals surface area contributed by atoms with E-state index in [2.05, 4.69) is 55.5 Å². The third-order valence-electron chi connectivity index (χ3n) is 2.87. The molecule has 0 spiro atoms. The molecule has 0 saturated carbocycles. The Morgan fingerprint density at radius 1 is 0.889 bits per heavy atom. The zero-order valence-electron chi connectivity index (χ0n) is 10.1. The van der Waals surface area contributed by atoms with Crippen LogP contribution in [0, 0.1) is 6.92 Å². The minimum atomic E-state index is 1.05. The number of hydrogen-bond donors (Lipinski definition) is 0. The third kappa shape index (κ3) is 2.24. The van der Waals surface area contributed by atoms with Crippen LogP contribution in [-0.2, 0) is 0 Å². The van der Waals surface area contributed by atoms with Crippen molar-refractivity contribution in [3.05, 3.63) is 66.2 Å². The number of nitrogens with zero attached hydrogens (tertiary/aromatic N) is 1. The van der Waals surface area contributed by atoms with E-state index < -0.39 is 0 Å².